The van der Waals surface area contributed by atoms with Gasteiger partial charge in [-0.25, -0.2) is 4.98 Å². The summed E-state index contributed by atoms with van der Waals surface area (Å²) in [6.45, 7) is 5.01. The Labute approximate surface area is 164 Å². The molecule has 1 aromatic heterocycles. The predicted octanol–water partition coefficient (Wildman–Crippen LogP) is 3.58. The molecule has 0 spiro atoms. The highest BCUT2D eigenvalue weighted by molar-refractivity contribution is 5.78. The smallest absolute Gasteiger partial charge is 0.258 e. The van der Waals surface area contributed by atoms with Crippen LogP contribution in [0.25, 0.3) is 17.1 Å². The Balaban J connectivity index is 1.53. The molecule has 0 aliphatic carbocycles. The highest BCUT2D eigenvalue weighted by Gasteiger charge is 2.09. The molecule has 1 N–H and O–H groups in total. The van der Waals surface area contributed by atoms with E-state index in [4.69, 9.17) is 9.47 Å². The lowest BCUT2D eigenvalue weighted by Crippen LogP contribution is -2.31. The average Bonchev–Trinajstić information content (AvgIpc) is 3.02. The lowest BCUT2D eigenvalue weighted by molar-refractivity contribution is -0.123. The number of benzene rings is 2. The number of rotatable bonds is 8. The van der Waals surface area contributed by atoms with Crippen LogP contribution in [0.15, 0.2) is 48.5 Å². The molecule has 2 aromatic carbocycles. The van der Waals surface area contributed by atoms with Crippen molar-refractivity contribution in [2.75, 3.05) is 20.3 Å². The molecule has 0 radical (unpaired) electrons. The minimum atomic E-state index is -0.179. The van der Waals surface area contributed by atoms with E-state index in [1.807, 2.05) is 68.5 Å². The van der Waals surface area contributed by atoms with Crippen LogP contribution in [0.5, 0.6) is 11.5 Å². The van der Waals surface area contributed by atoms with Gasteiger partial charge in [-0.05, 0) is 43.7 Å². The van der Waals surface area contributed by atoms with Crippen molar-refractivity contribution in [1.82, 2.24) is 14.9 Å². The maximum absolute atomic E-state index is 12.1. The molecule has 3 aromatic rings. The van der Waals surface area contributed by atoms with E-state index >= 15 is 0 Å². The summed E-state index contributed by atoms with van der Waals surface area (Å²) in [5.74, 6) is 1.89. The normalized spacial score (nSPS) is 11.1. The number of hydrogen-bond acceptors (Lipinski definition) is 4. The standard InChI is InChI=1S/C22H25N3O3/c1-4-7-17-10-11-20(21(14-17)27-3)28-15-22(26)23-12-13-25-16(2)24-18-8-5-6-9-19(18)25/h4-11,14H,12-13,15H2,1-3H3,(H,23,26)/b7-4+. The summed E-state index contributed by atoms with van der Waals surface area (Å²) >= 11 is 0. The zero-order valence-corrected chi connectivity index (χ0v) is 16.4. The molecule has 0 saturated carbocycles. The molecular weight excluding hydrogens is 354 g/mol. The highest BCUT2D eigenvalue weighted by atomic mass is 16.5. The summed E-state index contributed by atoms with van der Waals surface area (Å²) in [5.41, 5.74) is 3.04. The number of ether oxygens (including phenoxy) is 2. The number of nitrogens with one attached hydrogen (secondary N) is 1. The second kappa shape index (κ2) is 9.08. The first-order valence-electron chi connectivity index (χ1n) is 9.24. The summed E-state index contributed by atoms with van der Waals surface area (Å²) in [5, 5.41) is 2.89. The van der Waals surface area contributed by atoms with Crippen LogP contribution in [0.4, 0.5) is 0 Å². The van der Waals surface area contributed by atoms with E-state index in [1.54, 1.807) is 7.11 Å². The van der Waals surface area contributed by atoms with Crippen LogP contribution in [0.2, 0.25) is 0 Å². The van der Waals surface area contributed by atoms with Gasteiger partial charge in [-0.3, -0.25) is 4.79 Å². The third-order valence-corrected chi connectivity index (χ3v) is 4.41. The van der Waals surface area contributed by atoms with Gasteiger partial charge < -0.3 is 19.4 Å². The second-order valence-corrected chi connectivity index (χ2v) is 6.35. The Kier molecular flexibility index (Phi) is 6.32. The first kappa shape index (κ1) is 19.5. The largest absolute Gasteiger partial charge is 0.493 e. The number of allylic oxidation sites excluding steroid dienone is 1. The van der Waals surface area contributed by atoms with E-state index in [2.05, 4.69) is 14.9 Å². The van der Waals surface area contributed by atoms with Crippen molar-refractivity contribution in [1.29, 1.82) is 0 Å². The fourth-order valence-electron chi connectivity index (χ4n) is 3.08. The van der Waals surface area contributed by atoms with Gasteiger partial charge in [0.1, 0.15) is 5.82 Å². The first-order chi connectivity index (χ1) is 13.6. The minimum Gasteiger partial charge on any atom is -0.493 e. The minimum absolute atomic E-state index is 0.0665. The molecule has 0 bridgehead atoms. The fourth-order valence-corrected chi connectivity index (χ4v) is 3.08. The van der Waals surface area contributed by atoms with Crippen LogP contribution in [0.1, 0.15) is 18.3 Å². The number of methoxy groups -OCH3 is 1. The monoisotopic (exact) mass is 379 g/mol. The predicted molar refractivity (Wildman–Crippen MR) is 111 cm³/mol. The summed E-state index contributed by atoms with van der Waals surface area (Å²) in [4.78, 5) is 16.7. The van der Waals surface area contributed by atoms with Gasteiger partial charge in [0, 0.05) is 13.1 Å². The Morgan fingerprint density at radius 2 is 2.04 bits per heavy atom. The van der Waals surface area contributed by atoms with Crippen molar-refractivity contribution >= 4 is 23.0 Å². The van der Waals surface area contributed by atoms with E-state index in [0.29, 0.717) is 24.6 Å². The average molecular weight is 379 g/mol. The highest BCUT2D eigenvalue weighted by Crippen LogP contribution is 2.28. The second-order valence-electron chi connectivity index (χ2n) is 6.35. The van der Waals surface area contributed by atoms with Crippen LogP contribution in [0.3, 0.4) is 0 Å². The summed E-state index contributed by atoms with van der Waals surface area (Å²) in [6, 6.07) is 13.6. The maximum atomic E-state index is 12.1. The van der Waals surface area contributed by atoms with Crippen molar-refractivity contribution < 1.29 is 14.3 Å². The van der Waals surface area contributed by atoms with Crippen molar-refractivity contribution in [2.45, 2.75) is 20.4 Å². The van der Waals surface area contributed by atoms with Gasteiger partial charge in [0.05, 0.1) is 18.1 Å². The van der Waals surface area contributed by atoms with Crippen LogP contribution >= 0.6 is 0 Å². The molecule has 0 atom stereocenters. The Bertz CT molecular complexity index is 992. The number of para-hydroxylation sites is 2. The van der Waals surface area contributed by atoms with Gasteiger partial charge in [0.15, 0.2) is 18.1 Å². The number of amides is 1. The number of imidazole rings is 1. The number of carbonyl (C=O) groups excluding carboxylic acids is 1. The summed E-state index contributed by atoms with van der Waals surface area (Å²) in [6.07, 6.45) is 3.93. The SMILES string of the molecule is C/C=C/c1ccc(OCC(=O)NCCn2c(C)nc3ccccc32)c(OC)c1. The van der Waals surface area contributed by atoms with Crippen LogP contribution in [-0.4, -0.2) is 35.7 Å². The van der Waals surface area contributed by atoms with E-state index in [-0.39, 0.29) is 12.5 Å². The van der Waals surface area contributed by atoms with Crippen molar-refractivity contribution in [3.05, 3.63) is 59.9 Å². The molecule has 1 heterocycles. The Morgan fingerprint density at radius 1 is 1.21 bits per heavy atom. The molecule has 0 fully saturated rings. The van der Waals surface area contributed by atoms with Crippen molar-refractivity contribution in [3.8, 4) is 11.5 Å². The Morgan fingerprint density at radius 3 is 2.82 bits per heavy atom. The van der Waals surface area contributed by atoms with E-state index in [0.717, 1.165) is 22.4 Å². The molecule has 3 rings (SSSR count). The topological polar surface area (TPSA) is 65.4 Å². The quantitative estimate of drug-likeness (QED) is 0.650. The van der Waals surface area contributed by atoms with E-state index < -0.39 is 0 Å². The maximum Gasteiger partial charge on any atom is 0.258 e. The van der Waals surface area contributed by atoms with Gasteiger partial charge in [0.25, 0.3) is 5.91 Å². The molecule has 0 aliphatic heterocycles. The molecule has 0 saturated heterocycles. The van der Waals surface area contributed by atoms with Crippen LogP contribution in [0, 0.1) is 6.92 Å². The van der Waals surface area contributed by atoms with Gasteiger partial charge >= 0.3 is 0 Å². The number of aromatic nitrogens is 2. The molecule has 0 unspecified atom stereocenters. The zero-order chi connectivity index (χ0) is 19.9. The first-order valence-corrected chi connectivity index (χ1v) is 9.24. The van der Waals surface area contributed by atoms with Gasteiger partial charge in [-0.15, -0.1) is 0 Å². The third-order valence-electron chi connectivity index (χ3n) is 4.41. The molecule has 6 nitrogen and oxygen atoms in total. The molecular formula is C22H25N3O3. The van der Waals surface area contributed by atoms with E-state index in [1.165, 1.54) is 0 Å². The lowest BCUT2D eigenvalue weighted by atomic mass is 10.2. The lowest BCUT2D eigenvalue weighted by Gasteiger charge is -2.12. The van der Waals surface area contributed by atoms with Gasteiger partial charge in [-0.2, -0.15) is 0 Å². The number of fused-ring (bicyclic) bond motifs is 1. The molecule has 0 aliphatic rings. The zero-order valence-electron chi connectivity index (χ0n) is 16.4. The van der Waals surface area contributed by atoms with Gasteiger partial charge in [0.2, 0.25) is 0 Å². The number of nitrogens with zero attached hydrogens (tertiary/aromatic N) is 2. The van der Waals surface area contributed by atoms with Crippen LogP contribution < -0.4 is 14.8 Å². The van der Waals surface area contributed by atoms with Crippen molar-refractivity contribution in [3.63, 3.8) is 0 Å². The van der Waals surface area contributed by atoms with Crippen molar-refractivity contribution in [2.24, 2.45) is 0 Å². The molecule has 1 amide bonds. The summed E-state index contributed by atoms with van der Waals surface area (Å²) < 4.78 is 13.1. The number of hydrogen-bond donors (Lipinski definition) is 1. The van der Waals surface area contributed by atoms with E-state index in [9.17, 15) is 4.79 Å². The Hall–Kier alpha value is -3.28. The molecule has 146 valence electrons. The number of aryl methyl sites for hydroxylation is 1. The van der Waals surface area contributed by atoms with Crippen LogP contribution in [-0.2, 0) is 11.3 Å². The molecule has 28 heavy (non-hydrogen) atoms. The number of carbonyl (C=O) groups is 1. The molecule has 6 heteroatoms. The summed E-state index contributed by atoms with van der Waals surface area (Å²) in [7, 11) is 1.58. The fraction of sp³-hybridized carbons (Fsp3) is 0.273. The third kappa shape index (κ3) is 4.52. The van der Waals surface area contributed by atoms with Gasteiger partial charge in [-0.1, -0.05) is 30.4 Å².